The largest absolute Gasteiger partial charge is 0.390 e. The van der Waals surface area contributed by atoms with Crippen LogP contribution in [0.25, 0.3) is 0 Å². The van der Waals surface area contributed by atoms with Gasteiger partial charge in [0.25, 0.3) is 0 Å². The lowest BCUT2D eigenvalue weighted by atomic mass is 10.0. The first-order chi connectivity index (χ1) is 13.7. The average molecular weight is 417 g/mol. The molecule has 3 rings (SSSR count). The molecule has 0 aliphatic carbocycles. The lowest BCUT2D eigenvalue weighted by Crippen LogP contribution is -2.53. The van der Waals surface area contributed by atoms with Crippen molar-refractivity contribution in [3.05, 3.63) is 18.2 Å². The Morgan fingerprint density at radius 3 is 2.48 bits per heavy atom. The number of aromatic nitrogens is 2. The van der Waals surface area contributed by atoms with Gasteiger partial charge in [-0.05, 0) is 19.9 Å². The summed E-state index contributed by atoms with van der Waals surface area (Å²) >= 11 is 0. The Morgan fingerprint density at radius 1 is 1.21 bits per heavy atom. The predicted molar refractivity (Wildman–Crippen MR) is 101 cm³/mol. The molecule has 0 radical (unpaired) electrons. The van der Waals surface area contributed by atoms with Crippen molar-refractivity contribution < 1.29 is 23.1 Å². The minimum Gasteiger partial charge on any atom is -0.385 e. The van der Waals surface area contributed by atoms with Crippen molar-refractivity contribution in [1.82, 2.24) is 24.3 Å². The fourth-order valence-electron chi connectivity index (χ4n) is 4.11. The van der Waals surface area contributed by atoms with Crippen LogP contribution in [0.2, 0.25) is 0 Å². The number of hydrogen-bond acceptors (Lipinski definition) is 5. The number of piperazine rings is 1. The molecule has 10 heteroatoms. The third kappa shape index (κ3) is 6.16. The van der Waals surface area contributed by atoms with Gasteiger partial charge in [0.2, 0.25) is 5.91 Å². The second-order valence-electron chi connectivity index (χ2n) is 8.02. The summed E-state index contributed by atoms with van der Waals surface area (Å²) in [6.07, 6.45) is -2.09. The van der Waals surface area contributed by atoms with Crippen molar-refractivity contribution in [3.63, 3.8) is 0 Å². The van der Waals surface area contributed by atoms with Gasteiger partial charge in [0, 0.05) is 64.2 Å². The average Bonchev–Trinajstić information content (AvgIpc) is 3.15. The van der Waals surface area contributed by atoms with E-state index < -0.39 is 18.7 Å². The van der Waals surface area contributed by atoms with Crippen LogP contribution >= 0.6 is 0 Å². The Bertz CT molecular complexity index is 665. The molecule has 1 amide bonds. The van der Waals surface area contributed by atoms with Crippen LogP contribution in [0.4, 0.5) is 13.2 Å². The van der Waals surface area contributed by atoms with Crippen LogP contribution in [0.5, 0.6) is 0 Å². The van der Waals surface area contributed by atoms with E-state index in [0.717, 1.165) is 39.0 Å². The van der Waals surface area contributed by atoms with Gasteiger partial charge in [-0.15, -0.1) is 0 Å². The number of alkyl halides is 3. The van der Waals surface area contributed by atoms with E-state index in [2.05, 4.69) is 21.8 Å². The molecule has 164 valence electrons. The van der Waals surface area contributed by atoms with Gasteiger partial charge in [-0.25, -0.2) is 4.98 Å². The Balaban J connectivity index is 1.47. The number of halogens is 3. The van der Waals surface area contributed by atoms with E-state index in [9.17, 15) is 23.1 Å². The summed E-state index contributed by atoms with van der Waals surface area (Å²) in [5, 5.41) is 10.4. The lowest BCUT2D eigenvalue weighted by Gasteiger charge is -2.42. The van der Waals surface area contributed by atoms with Gasteiger partial charge in [-0.2, -0.15) is 13.2 Å². The number of carbonyl (C=O) groups is 1. The maximum absolute atomic E-state index is 12.6. The molecule has 2 fully saturated rings. The molecule has 1 N–H and O–H groups in total. The lowest BCUT2D eigenvalue weighted by molar-refractivity contribution is -0.138. The van der Waals surface area contributed by atoms with Crippen LogP contribution in [0.3, 0.4) is 0 Å². The molecule has 0 spiro atoms. The van der Waals surface area contributed by atoms with Crippen molar-refractivity contribution in [1.29, 1.82) is 0 Å². The molecule has 1 aromatic rings. The van der Waals surface area contributed by atoms with E-state index in [-0.39, 0.29) is 24.7 Å². The molecule has 0 saturated carbocycles. The van der Waals surface area contributed by atoms with E-state index in [4.69, 9.17) is 0 Å². The minimum atomic E-state index is -4.28. The van der Waals surface area contributed by atoms with Gasteiger partial charge < -0.3 is 19.5 Å². The van der Waals surface area contributed by atoms with E-state index in [1.165, 1.54) is 17.0 Å². The number of piperidine rings is 1. The summed E-state index contributed by atoms with van der Waals surface area (Å²) < 4.78 is 38.6. The van der Waals surface area contributed by atoms with Gasteiger partial charge in [0.05, 0.1) is 12.8 Å². The van der Waals surface area contributed by atoms with Crippen LogP contribution in [0.15, 0.2) is 12.4 Å². The summed E-state index contributed by atoms with van der Waals surface area (Å²) in [7, 11) is 2.12. The van der Waals surface area contributed by atoms with E-state index in [0.29, 0.717) is 19.1 Å². The van der Waals surface area contributed by atoms with Gasteiger partial charge in [-0.1, -0.05) is 0 Å². The minimum absolute atomic E-state index is 0.106. The zero-order valence-corrected chi connectivity index (χ0v) is 16.8. The summed E-state index contributed by atoms with van der Waals surface area (Å²) in [4.78, 5) is 23.1. The molecule has 7 nitrogen and oxygen atoms in total. The predicted octanol–water partition coefficient (Wildman–Crippen LogP) is 1.50. The van der Waals surface area contributed by atoms with Gasteiger partial charge in [-0.3, -0.25) is 9.69 Å². The van der Waals surface area contributed by atoms with Crippen molar-refractivity contribution in [3.8, 4) is 0 Å². The number of likely N-dealkylation sites (N-methyl/N-ethyl adjacent to an activating group) is 1. The van der Waals surface area contributed by atoms with Crippen molar-refractivity contribution in [2.75, 3.05) is 46.3 Å². The molecule has 0 bridgehead atoms. The molecule has 2 aliphatic rings. The topological polar surface area (TPSA) is 64.8 Å². The Hall–Kier alpha value is -1.65. The van der Waals surface area contributed by atoms with Crippen LogP contribution in [0, 0.1) is 0 Å². The van der Waals surface area contributed by atoms with Gasteiger partial charge in [0.1, 0.15) is 11.9 Å². The summed E-state index contributed by atoms with van der Waals surface area (Å²) in [6, 6.07) is 0.485. The van der Waals surface area contributed by atoms with E-state index in [1.54, 1.807) is 4.90 Å². The fraction of sp³-hybridized carbons (Fsp3) is 0.789. The summed E-state index contributed by atoms with van der Waals surface area (Å²) in [6.45, 7) is 5.19. The molecular formula is C19H30F3N5O2. The quantitative estimate of drug-likeness (QED) is 0.760. The number of hydrogen-bond donors (Lipinski definition) is 1. The summed E-state index contributed by atoms with van der Waals surface area (Å²) in [5.74, 6) is -0.0744. The first-order valence-corrected chi connectivity index (χ1v) is 10.2. The standard InChI is InChI=1S/C19H30F3N5O2/c1-24-10-12-25(13-11-24)15-2-6-26(7-3-15)17(29)14-16(28)18-23-5-9-27(18)8-4-19(20,21)22/h5,9,15-16,28H,2-4,6-8,10-14H2,1H3. The van der Waals surface area contributed by atoms with Crippen molar-refractivity contribution in [2.24, 2.45) is 0 Å². The Labute approximate surface area is 169 Å². The summed E-state index contributed by atoms with van der Waals surface area (Å²) in [5.41, 5.74) is 0. The zero-order chi connectivity index (χ0) is 21.0. The highest BCUT2D eigenvalue weighted by molar-refractivity contribution is 5.76. The molecular weight excluding hydrogens is 387 g/mol. The van der Waals surface area contributed by atoms with Crippen LogP contribution in [-0.4, -0.2) is 93.8 Å². The third-order valence-corrected chi connectivity index (χ3v) is 5.92. The molecule has 1 aromatic heterocycles. The van der Waals surface area contributed by atoms with Crippen molar-refractivity contribution >= 4 is 5.91 Å². The highest BCUT2D eigenvalue weighted by Gasteiger charge is 2.31. The Kier molecular flexibility index (Phi) is 7.18. The van der Waals surface area contributed by atoms with E-state index >= 15 is 0 Å². The highest BCUT2D eigenvalue weighted by Crippen LogP contribution is 2.24. The molecule has 2 saturated heterocycles. The first kappa shape index (κ1) is 22.0. The number of nitrogens with zero attached hydrogens (tertiary/aromatic N) is 5. The van der Waals surface area contributed by atoms with Gasteiger partial charge >= 0.3 is 6.18 Å². The third-order valence-electron chi connectivity index (χ3n) is 5.92. The Morgan fingerprint density at radius 2 is 1.86 bits per heavy atom. The molecule has 0 aromatic carbocycles. The van der Waals surface area contributed by atoms with Crippen LogP contribution in [0.1, 0.15) is 37.6 Å². The normalized spacial score (nSPS) is 21.5. The van der Waals surface area contributed by atoms with Crippen molar-refractivity contribution in [2.45, 2.75) is 50.6 Å². The highest BCUT2D eigenvalue weighted by atomic mass is 19.4. The van der Waals surface area contributed by atoms with E-state index in [1.807, 2.05) is 0 Å². The van der Waals surface area contributed by atoms with Crippen LogP contribution < -0.4 is 0 Å². The van der Waals surface area contributed by atoms with Gasteiger partial charge in [0.15, 0.2) is 0 Å². The molecule has 2 aliphatic heterocycles. The maximum Gasteiger partial charge on any atom is 0.390 e. The second kappa shape index (κ2) is 9.44. The number of imidazole rings is 1. The molecule has 29 heavy (non-hydrogen) atoms. The number of aryl methyl sites for hydroxylation is 1. The fourth-order valence-corrected chi connectivity index (χ4v) is 4.11. The molecule has 1 unspecified atom stereocenters. The monoisotopic (exact) mass is 417 g/mol. The molecule has 3 heterocycles. The molecule has 1 atom stereocenters. The zero-order valence-electron chi connectivity index (χ0n) is 16.8. The maximum atomic E-state index is 12.6. The number of aliphatic hydroxyl groups is 1. The second-order valence-corrected chi connectivity index (χ2v) is 8.02. The number of likely N-dealkylation sites (tertiary alicyclic amines) is 1. The number of carbonyl (C=O) groups excluding carboxylic acids is 1. The number of amides is 1. The smallest absolute Gasteiger partial charge is 0.385 e. The number of aliphatic hydroxyl groups excluding tert-OH is 1. The SMILES string of the molecule is CN1CCN(C2CCN(C(=O)CC(O)c3nccn3CCC(F)(F)F)CC2)CC1. The first-order valence-electron chi connectivity index (χ1n) is 10.2. The number of rotatable bonds is 6. The van der Waals surface area contributed by atoms with Crippen LogP contribution in [-0.2, 0) is 11.3 Å².